The molecule has 0 aliphatic rings. The maximum absolute atomic E-state index is 13.7. The molecule has 3 aromatic carbocycles. The summed E-state index contributed by atoms with van der Waals surface area (Å²) in [6.07, 6.45) is 0.545. The van der Waals surface area contributed by atoms with Gasteiger partial charge in [0, 0.05) is 34.6 Å². The number of benzene rings is 3. The maximum Gasteiger partial charge on any atom is 0.243 e. The van der Waals surface area contributed by atoms with Crippen LogP contribution in [0.1, 0.15) is 36.1 Å². The molecule has 3 aromatic rings. The molecule has 0 aliphatic carbocycles. The largest absolute Gasteiger partial charge is 0.352 e. The van der Waals surface area contributed by atoms with Crippen LogP contribution in [0.5, 0.6) is 0 Å². The number of nitrogens with one attached hydrogen (secondary N) is 1. The van der Waals surface area contributed by atoms with Gasteiger partial charge >= 0.3 is 0 Å². The van der Waals surface area contributed by atoms with Crippen molar-refractivity contribution in [2.45, 2.75) is 52.2 Å². The number of amides is 2. The van der Waals surface area contributed by atoms with Gasteiger partial charge in [-0.25, -0.2) is 0 Å². The summed E-state index contributed by atoms with van der Waals surface area (Å²) in [6, 6.07) is 22.0. The second-order valence-electron chi connectivity index (χ2n) is 8.75. The zero-order valence-corrected chi connectivity index (χ0v) is 21.2. The first-order chi connectivity index (χ1) is 16.2. The van der Waals surface area contributed by atoms with Crippen molar-refractivity contribution < 1.29 is 9.59 Å². The number of hydrogen-bond donors (Lipinski definition) is 1. The second-order valence-corrected chi connectivity index (χ2v) is 9.57. The fourth-order valence-electron chi connectivity index (χ4n) is 3.77. The molecule has 2 amide bonds. The van der Waals surface area contributed by atoms with Crippen molar-refractivity contribution in [1.29, 1.82) is 0 Å². The Morgan fingerprint density at radius 3 is 2.06 bits per heavy atom. The van der Waals surface area contributed by atoms with Crippen LogP contribution in [0.3, 0.4) is 0 Å². The molecule has 0 saturated carbocycles. The van der Waals surface area contributed by atoms with Crippen LogP contribution in [-0.4, -0.2) is 28.8 Å². The quantitative estimate of drug-likeness (QED) is 0.394. The maximum atomic E-state index is 13.7. The van der Waals surface area contributed by atoms with E-state index < -0.39 is 6.04 Å². The zero-order valence-electron chi connectivity index (χ0n) is 19.7. The Morgan fingerprint density at radius 1 is 0.853 bits per heavy atom. The van der Waals surface area contributed by atoms with Crippen molar-refractivity contribution in [2.24, 2.45) is 0 Å². The number of carbonyl (C=O) groups is 2. The Hall–Kier alpha value is -2.82. The molecular weight excluding hydrogens is 467 g/mol. The van der Waals surface area contributed by atoms with Crippen LogP contribution in [0.4, 0.5) is 0 Å². The van der Waals surface area contributed by atoms with Crippen LogP contribution in [0.15, 0.2) is 72.8 Å². The van der Waals surface area contributed by atoms with E-state index in [1.54, 1.807) is 23.1 Å². The zero-order chi connectivity index (χ0) is 24.7. The summed E-state index contributed by atoms with van der Waals surface area (Å²) in [6.45, 7) is 5.94. The van der Waals surface area contributed by atoms with E-state index in [9.17, 15) is 9.59 Å². The van der Waals surface area contributed by atoms with Crippen molar-refractivity contribution in [3.63, 3.8) is 0 Å². The monoisotopic (exact) mass is 496 g/mol. The molecule has 178 valence electrons. The van der Waals surface area contributed by atoms with Crippen LogP contribution >= 0.6 is 23.2 Å². The topological polar surface area (TPSA) is 49.4 Å². The average Bonchev–Trinajstić information content (AvgIpc) is 2.79. The van der Waals surface area contributed by atoms with Crippen LogP contribution in [0.2, 0.25) is 10.0 Å². The SMILES string of the molecule is Cc1ccc(CC(=O)N(Cc2c(Cl)cccc2Cl)[C@H](Cc2ccccc2)C(=O)NC(C)C)cc1. The molecule has 1 N–H and O–H groups in total. The summed E-state index contributed by atoms with van der Waals surface area (Å²) >= 11 is 12.9. The molecule has 0 unspecified atom stereocenters. The Bertz CT molecular complexity index is 1090. The van der Waals surface area contributed by atoms with Gasteiger partial charge in [0.25, 0.3) is 0 Å². The molecule has 34 heavy (non-hydrogen) atoms. The highest BCUT2D eigenvalue weighted by Crippen LogP contribution is 2.27. The lowest BCUT2D eigenvalue weighted by Gasteiger charge is -2.32. The molecule has 4 nitrogen and oxygen atoms in total. The number of rotatable bonds is 9. The van der Waals surface area contributed by atoms with Gasteiger partial charge in [0.2, 0.25) is 11.8 Å². The van der Waals surface area contributed by atoms with Crippen LogP contribution in [0.25, 0.3) is 0 Å². The first kappa shape index (κ1) is 25.8. The molecule has 0 bridgehead atoms. The van der Waals surface area contributed by atoms with E-state index in [0.717, 1.165) is 16.7 Å². The molecule has 0 radical (unpaired) electrons. The smallest absolute Gasteiger partial charge is 0.243 e. The van der Waals surface area contributed by atoms with Crippen molar-refractivity contribution in [2.75, 3.05) is 0 Å². The van der Waals surface area contributed by atoms with Gasteiger partial charge in [0.15, 0.2) is 0 Å². The first-order valence-corrected chi connectivity index (χ1v) is 12.1. The molecule has 0 saturated heterocycles. The lowest BCUT2D eigenvalue weighted by molar-refractivity contribution is -0.141. The summed E-state index contributed by atoms with van der Waals surface area (Å²) in [5.74, 6) is -0.376. The van der Waals surface area contributed by atoms with Crippen LogP contribution in [0, 0.1) is 6.92 Å². The molecule has 0 heterocycles. The minimum Gasteiger partial charge on any atom is -0.352 e. The number of nitrogens with zero attached hydrogens (tertiary/aromatic N) is 1. The predicted octanol–water partition coefficient (Wildman–Crippen LogP) is 6.01. The van der Waals surface area contributed by atoms with Crippen LogP contribution < -0.4 is 5.32 Å². The lowest BCUT2D eigenvalue weighted by Crippen LogP contribution is -2.52. The molecule has 6 heteroatoms. The van der Waals surface area contributed by atoms with Gasteiger partial charge in [-0.3, -0.25) is 9.59 Å². The molecular formula is C28H30Cl2N2O2. The molecule has 0 spiro atoms. The summed E-state index contributed by atoms with van der Waals surface area (Å²) < 4.78 is 0. The van der Waals surface area contributed by atoms with Gasteiger partial charge in [-0.1, -0.05) is 89.4 Å². The molecule has 1 atom stereocenters. The summed E-state index contributed by atoms with van der Waals surface area (Å²) in [5, 5.41) is 3.91. The third kappa shape index (κ3) is 7.09. The van der Waals surface area contributed by atoms with Crippen molar-refractivity contribution in [1.82, 2.24) is 10.2 Å². The van der Waals surface area contributed by atoms with Crippen molar-refractivity contribution in [3.05, 3.63) is 105 Å². The molecule has 0 aromatic heterocycles. The minimum absolute atomic E-state index is 0.0660. The Balaban J connectivity index is 2.01. The number of halogens is 2. The summed E-state index contributed by atoms with van der Waals surface area (Å²) in [7, 11) is 0. The lowest BCUT2D eigenvalue weighted by atomic mass is 10.0. The van der Waals surface area contributed by atoms with Gasteiger partial charge in [-0.05, 0) is 44.0 Å². The highest BCUT2D eigenvalue weighted by Gasteiger charge is 2.31. The van der Waals surface area contributed by atoms with Crippen molar-refractivity contribution >= 4 is 35.0 Å². The van der Waals surface area contributed by atoms with Gasteiger partial charge in [-0.15, -0.1) is 0 Å². The number of carbonyl (C=O) groups excluding carboxylic acids is 2. The van der Waals surface area contributed by atoms with Gasteiger partial charge < -0.3 is 10.2 Å². The van der Waals surface area contributed by atoms with Crippen LogP contribution in [-0.2, 0) is 29.0 Å². The number of aryl methyl sites for hydroxylation is 1. The summed E-state index contributed by atoms with van der Waals surface area (Å²) in [5.41, 5.74) is 3.59. The van der Waals surface area contributed by atoms with E-state index in [1.807, 2.05) is 75.4 Å². The van der Waals surface area contributed by atoms with Gasteiger partial charge in [0.05, 0.1) is 6.42 Å². The molecule has 0 fully saturated rings. The predicted molar refractivity (Wildman–Crippen MR) is 139 cm³/mol. The van der Waals surface area contributed by atoms with E-state index >= 15 is 0 Å². The average molecular weight is 497 g/mol. The summed E-state index contributed by atoms with van der Waals surface area (Å²) in [4.78, 5) is 28.7. The third-order valence-electron chi connectivity index (χ3n) is 5.57. The number of hydrogen-bond acceptors (Lipinski definition) is 2. The molecule has 0 aliphatic heterocycles. The standard InChI is InChI=1S/C28H30Cl2N2O2/c1-19(2)31-28(34)26(16-21-8-5-4-6-9-21)32(18-23-24(29)10-7-11-25(23)30)27(33)17-22-14-12-20(3)13-15-22/h4-15,19,26H,16-18H2,1-3H3,(H,31,34)/t26-/m1/s1. The minimum atomic E-state index is -0.727. The first-order valence-electron chi connectivity index (χ1n) is 11.4. The second kappa shape index (κ2) is 12.0. The normalized spacial score (nSPS) is 11.8. The highest BCUT2D eigenvalue weighted by atomic mass is 35.5. The third-order valence-corrected chi connectivity index (χ3v) is 6.28. The van der Waals surface area contributed by atoms with E-state index in [-0.39, 0.29) is 30.8 Å². The van der Waals surface area contributed by atoms with E-state index in [0.29, 0.717) is 22.0 Å². The highest BCUT2D eigenvalue weighted by molar-refractivity contribution is 6.36. The van der Waals surface area contributed by atoms with Crippen molar-refractivity contribution in [3.8, 4) is 0 Å². The van der Waals surface area contributed by atoms with Gasteiger partial charge in [0.1, 0.15) is 6.04 Å². The van der Waals surface area contributed by atoms with E-state index in [4.69, 9.17) is 23.2 Å². The fraction of sp³-hybridized carbons (Fsp3) is 0.286. The Morgan fingerprint density at radius 2 is 1.47 bits per heavy atom. The van der Waals surface area contributed by atoms with Gasteiger partial charge in [-0.2, -0.15) is 0 Å². The van der Waals surface area contributed by atoms with E-state index in [1.165, 1.54) is 0 Å². The fourth-order valence-corrected chi connectivity index (χ4v) is 4.29. The van der Waals surface area contributed by atoms with E-state index in [2.05, 4.69) is 5.32 Å². The Labute approximate surface area is 211 Å². The Kier molecular flexibility index (Phi) is 9.14. The molecule has 3 rings (SSSR count).